The topological polar surface area (TPSA) is 87.5 Å². The highest BCUT2D eigenvalue weighted by molar-refractivity contribution is 7.88. The fraction of sp³-hybridized carbons (Fsp3) is 0.125. The van der Waals surface area contributed by atoms with Gasteiger partial charge < -0.3 is 9.02 Å². The first-order valence-corrected chi connectivity index (χ1v) is 8.78. The summed E-state index contributed by atoms with van der Waals surface area (Å²) in [5.74, 6) is -0.840. The molecule has 11 heteroatoms. The molecule has 0 fully saturated rings. The molecule has 1 aromatic carbocycles. The Balaban J connectivity index is 2.04. The first-order chi connectivity index (χ1) is 12.7. The highest BCUT2D eigenvalue weighted by atomic mass is 32.2. The summed E-state index contributed by atoms with van der Waals surface area (Å²) in [6.07, 6.45) is 1.21. The van der Waals surface area contributed by atoms with Crippen LogP contribution >= 0.6 is 0 Å². The van der Waals surface area contributed by atoms with E-state index in [2.05, 4.69) is 9.17 Å². The SMILES string of the molecule is O=c1cc(OS(=O)(=O)C(F)(F)F)c2ncccc2n1OCc1ccccc1. The van der Waals surface area contributed by atoms with Crippen LogP contribution < -0.4 is 14.6 Å². The summed E-state index contributed by atoms with van der Waals surface area (Å²) < 4.78 is 65.1. The second kappa shape index (κ2) is 6.91. The maximum absolute atomic E-state index is 12.6. The van der Waals surface area contributed by atoms with E-state index in [4.69, 9.17) is 4.84 Å². The fourth-order valence-corrected chi connectivity index (χ4v) is 2.64. The Morgan fingerprint density at radius 1 is 1.07 bits per heavy atom. The van der Waals surface area contributed by atoms with Crippen LogP contribution in [-0.2, 0) is 16.7 Å². The summed E-state index contributed by atoms with van der Waals surface area (Å²) >= 11 is 0. The molecule has 3 rings (SSSR count). The lowest BCUT2D eigenvalue weighted by atomic mass is 10.2. The van der Waals surface area contributed by atoms with E-state index in [1.807, 2.05) is 0 Å². The molecule has 2 heterocycles. The smallest absolute Gasteiger partial charge is 0.405 e. The summed E-state index contributed by atoms with van der Waals surface area (Å²) in [4.78, 5) is 21.5. The predicted molar refractivity (Wildman–Crippen MR) is 88.3 cm³/mol. The second-order valence-electron chi connectivity index (χ2n) is 5.25. The van der Waals surface area contributed by atoms with Crippen molar-refractivity contribution in [1.29, 1.82) is 0 Å². The van der Waals surface area contributed by atoms with Crippen LogP contribution in [0.15, 0.2) is 59.5 Å². The highest BCUT2D eigenvalue weighted by Gasteiger charge is 2.49. The Morgan fingerprint density at radius 3 is 2.44 bits per heavy atom. The van der Waals surface area contributed by atoms with Crippen molar-refractivity contribution in [3.8, 4) is 5.75 Å². The quantitative estimate of drug-likeness (QED) is 0.482. The van der Waals surface area contributed by atoms with Crippen molar-refractivity contribution in [3.05, 3.63) is 70.6 Å². The maximum Gasteiger partial charge on any atom is 0.534 e. The Labute approximate surface area is 150 Å². The van der Waals surface area contributed by atoms with Gasteiger partial charge in [0.25, 0.3) is 5.56 Å². The number of hydrogen-bond acceptors (Lipinski definition) is 6. The average Bonchev–Trinajstić information content (AvgIpc) is 2.61. The van der Waals surface area contributed by atoms with Crippen molar-refractivity contribution in [1.82, 2.24) is 9.71 Å². The van der Waals surface area contributed by atoms with Crippen molar-refractivity contribution < 1.29 is 30.6 Å². The summed E-state index contributed by atoms with van der Waals surface area (Å²) in [5, 5.41) is 0. The Hall–Kier alpha value is -3.08. The minimum Gasteiger partial charge on any atom is -0.405 e. The van der Waals surface area contributed by atoms with Gasteiger partial charge in [0.15, 0.2) is 5.75 Å². The van der Waals surface area contributed by atoms with E-state index >= 15 is 0 Å². The lowest BCUT2D eigenvalue weighted by Gasteiger charge is -2.14. The Bertz CT molecular complexity index is 1130. The van der Waals surface area contributed by atoms with E-state index in [-0.39, 0.29) is 17.6 Å². The van der Waals surface area contributed by atoms with E-state index in [1.54, 1.807) is 30.3 Å². The lowest BCUT2D eigenvalue weighted by Crippen LogP contribution is -2.30. The van der Waals surface area contributed by atoms with E-state index in [9.17, 15) is 26.4 Å². The summed E-state index contributed by atoms with van der Waals surface area (Å²) in [5.41, 5.74) is -6.15. The molecule has 0 aliphatic carbocycles. The van der Waals surface area contributed by atoms with Gasteiger partial charge in [-0.1, -0.05) is 30.3 Å². The molecular formula is C16H11F3N2O5S. The molecule has 0 saturated carbocycles. The first-order valence-electron chi connectivity index (χ1n) is 7.38. The molecule has 7 nitrogen and oxygen atoms in total. The van der Waals surface area contributed by atoms with Crippen molar-refractivity contribution in [2.24, 2.45) is 0 Å². The number of benzene rings is 1. The number of aromatic nitrogens is 2. The number of rotatable bonds is 5. The number of halogens is 3. The molecule has 0 aliphatic heterocycles. The van der Waals surface area contributed by atoms with Gasteiger partial charge >= 0.3 is 15.6 Å². The zero-order valence-electron chi connectivity index (χ0n) is 13.4. The molecule has 27 heavy (non-hydrogen) atoms. The van der Waals surface area contributed by atoms with Crippen LogP contribution in [0, 0.1) is 0 Å². The van der Waals surface area contributed by atoms with Gasteiger partial charge in [-0.3, -0.25) is 9.78 Å². The zero-order valence-corrected chi connectivity index (χ0v) is 14.2. The monoisotopic (exact) mass is 400 g/mol. The van der Waals surface area contributed by atoms with E-state index in [1.165, 1.54) is 18.3 Å². The average molecular weight is 400 g/mol. The van der Waals surface area contributed by atoms with E-state index < -0.39 is 26.9 Å². The van der Waals surface area contributed by atoms with Crippen molar-refractivity contribution in [2.45, 2.75) is 12.1 Å². The molecule has 0 amide bonds. The molecule has 3 aromatic rings. The van der Waals surface area contributed by atoms with Gasteiger partial charge in [-0.05, 0) is 17.7 Å². The number of alkyl halides is 3. The molecule has 2 aromatic heterocycles. The number of fused-ring (bicyclic) bond motifs is 1. The molecule has 0 N–H and O–H groups in total. The number of pyridine rings is 2. The summed E-state index contributed by atoms with van der Waals surface area (Å²) in [6, 6.07) is 12.1. The summed E-state index contributed by atoms with van der Waals surface area (Å²) in [6.45, 7) is -0.00814. The van der Waals surface area contributed by atoms with Crippen LogP contribution in [-0.4, -0.2) is 23.6 Å². The molecule has 0 saturated heterocycles. The Kier molecular flexibility index (Phi) is 4.79. The van der Waals surface area contributed by atoms with Crippen LogP contribution in [0.25, 0.3) is 11.0 Å². The van der Waals surface area contributed by atoms with Crippen molar-refractivity contribution >= 4 is 21.2 Å². The zero-order chi connectivity index (χ0) is 19.7. The van der Waals surface area contributed by atoms with Gasteiger partial charge in [0.2, 0.25) is 0 Å². The minimum absolute atomic E-state index is 0.00814. The standard InChI is InChI=1S/C16H11F3N2O5S/c17-16(18,19)27(23,24)26-13-9-14(22)21(12-7-4-8-20-15(12)13)25-10-11-5-2-1-3-6-11/h1-9H,10H2. The third kappa shape index (κ3) is 3.87. The summed E-state index contributed by atoms with van der Waals surface area (Å²) in [7, 11) is -5.96. The molecular weight excluding hydrogens is 389 g/mol. The van der Waals surface area contributed by atoms with E-state index in [0.717, 1.165) is 10.3 Å². The molecule has 0 unspecified atom stereocenters. The molecule has 142 valence electrons. The molecule has 0 aliphatic rings. The number of nitrogens with zero attached hydrogens (tertiary/aromatic N) is 2. The van der Waals surface area contributed by atoms with Gasteiger partial charge in [-0.15, -0.1) is 4.73 Å². The molecule has 0 bridgehead atoms. The van der Waals surface area contributed by atoms with Crippen LogP contribution in [0.3, 0.4) is 0 Å². The number of hydrogen-bond donors (Lipinski definition) is 0. The molecule has 0 atom stereocenters. The van der Waals surface area contributed by atoms with Crippen LogP contribution in [0.4, 0.5) is 13.2 Å². The largest absolute Gasteiger partial charge is 0.534 e. The third-order valence-electron chi connectivity index (χ3n) is 3.38. The van der Waals surface area contributed by atoms with Gasteiger partial charge in [0, 0.05) is 6.20 Å². The van der Waals surface area contributed by atoms with Gasteiger partial charge in [-0.2, -0.15) is 21.6 Å². The third-order valence-corrected chi connectivity index (χ3v) is 4.35. The first kappa shape index (κ1) is 18.7. The van der Waals surface area contributed by atoms with Gasteiger partial charge in [0.05, 0.1) is 6.07 Å². The van der Waals surface area contributed by atoms with Crippen LogP contribution in [0.2, 0.25) is 0 Å². The van der Waals surface area contributed by atoms with Gasteiger partial charge in [-0.25, -0.2) is 0 Å². The fourth-order valence-electron chi connectivity index (χ4n) is 2.18. The van der Waals surface area contributed by atoms with Crippen LogP contribution in [0.5, 0.6) is 5.75 Å². The van der Waals surface area contributed by atoms with Crippen molar-refractivity contribution in [2.75, 3.05) is 0 Å². The lowest BCUT2D eigenvalue weighted by molar-refractivity contribution is -0.0499. The normalized spacial score (nSPS) is 12.1. The van der Waals surface area contributed by atoms with E-state index in [0.29, 0.717) is 6.07 Å². The van der Waals surface area contributed by atoms with Crippen molar-refractivity contribution in [3.63, 3.8) is 0 Å². The molecule has 0 spiro atoms. The Morgan fingerprint density at radius 2 is 1.78 bits per heavy atom. The van der Waals surface area contributed by atoms with Gasteiger partial charge in [0.1, 0.15) is 17.6 Å². The molecule has 0 radical (unpaired) electrons. The maximum atomic E-state index is 12.6. The predicted octanol–water partition coefficient (Wildman–Crippen LogP) is 2.25. The van der Waals surface area contributed by atoms with Crippen LogP contribution in [0.1, 0.15) is 5.56 Å². The minimum atomic E-state index is -5.96. The second-order valence-corrected chi connectivity index (χ2v) is 6.79. The highest BCUT2D eigenvalue weighted by Crippen LogP contribution is 2.29.